The van der Waals surface area contributed by atoms with Crippen molar-refractivity contribution in [1.29, 1.82) is 5.26 Å². The minimum absolute atomic E-state index is 0.124. The fourth-order valence-electron chi connectivity index (χ4n) is 1.36. The number of nitrogens with zero attached hydrogens (tertiary/aromatic N) is 1. The van der Waals surface area contributed by atoms with Crippen LogP contribution in [0.25, 0.3) is 0 Å². The molecule has 0 aromatic rings. The maximum Gasteiger partial charge on any atom is 0.407 e. The van der Waals surface area contributed by atoms with Gasteiger partial charge >= 0.3 is 6.09 Å². The Morgan fingerprint density at radius 1 is 1.60 bits per heavy atom. The first-order valence-electron chi connectivity index (χ1n) is 4.98. The van der Waals surface area contributed by atoms with Gasteiger partial charge < -0.3 is 10.1 Å². The molecule has 1 amide bonds. The molecule has 4 nitrogen and oxygen atoms in total. The van der Waals surface area contributed by atoms with Gasteiger partial charge in [0.2, 0.25) is 0 Å². The van der Waals surface area contributed by atoms with E-state index in [-0.39, 0.29) is 12.1 Å². The van der Waals surface area contributed by atoms with Crippen molar-refractivity contribution in [3.63, 3.8) is 0 Å². The lowest BCUT2D eigenvalue weighted by molar-refractivity contribution is 0.0494. The molecule has 0 radical (unpaired) electrons. The molecule has 0 unspecified atom stereocenters. The molecular weight excluding hydrogens is 192 g/mol. The maximum atomic E-state index is 11.3. The Morgan fingerprint density at radius 2 is 2.20 bits per heavy atom. The van der Waals surface area contributed by atoms with Gasteiger partial charge in [-0.2, -0.15) is 5.26 Å². The molecule has 1 fully saturated rings. The van der Waals surface area contributed by atoms with Crippen molar-refractivity contribution in [2.45, 2.75) is 45.3 Å². The number of ether oxygens (including phenoxy) is 1. The molecule has 1 aliphatic rings. The van der Waals surface area contributed by atoms with Crippen LogP contribution in [-0.2, 0) is 4.74 Å². The lowest BCUT2D eigenvalue weighted by Crippen LogP contribution is -2.43. The average Bonchev–Trinajstić information content (AvgIpc) is 1.97. The molecule has 15 heavy (non-hydrogen) atoms. The van der Waals surface area contributed by atoms with Crippen LogP contribution in [0.5, 0.6) is 0 Å². The summed E-state index contributed by atoms with van der Waals surface area (Å²) in [5.74, 6) is 0. The molecule has 0 atom stereocenters. The number of hydrogen-bond acceptors (Lipinski definition) is 3. The van der Waals surface area contributed by atoms with E-state index in [1.165, 1.54) is 6.08 Å². The van der Waals surface area contributed by atoms with Crippen LogP contribution in [0.15, 0.2) is 11.6 Å². The van der Waals surface area contributed by atoms with Gasteiger partial charge in [-0.3, -0.25) is 0 Å². The van der Waals surface area contributed by atoms with Gasteiger partial charge in [-0.25, -0.2) is 4.79 Å². The van der Waals surface area contributed by atoms with Crippen LogP contribution in [0.4, 0.5) is 4.79 Å². The van der Waals surface area contributed by atoms with E-state index in [2.05, 4.69) is 5.32 Å². The topological polar surface area (TPSA) is 62.1 Å². The number of amides is 1. The largest absolute Gasteiger partial charge is 0.444 e. The van der Waals surface area contributed by atoms with Crippen molar-refractivity contribution < 1.29 is 9.53 Å². The van der Waals surface area contributed by atoms with Gasteiger partial charge in [-0.05, 0) is 33.6 Å². The monoisotopic (exact) mass is 208 g/mol. The second kappa shape index (κ2) is 4.35. The van der Waals surface area contributed by atoms with Crippen molar-refractivity contribution in [2.75, 3.05) is 0 Å². The number of rotatable bonds is 1. The smallest absolute Gasteiger partial charge is 0.407 e. The highest BCUT2D eigenvalue weighted by Crippen LogP contribution is 2.26. The van der Waals surface area contributed by atoms with Gasteiger partial charge in [0.25, 0.3) is 0 Å². The molecule has 1 aliphatic carbocycles. The number of carbonyl (C=O) groups is 1. The van der Waals surface area contributed by atoms with Gasteiger partial charge in [-0.1, -0.05) is 5.57 Å². The standard InChI is InChI=1S/C11H16N2O2/c1-11(2,3)15-10(14)13-9-6-8(7-9)4-5-12/h4,9H,6-7H2,1-3H3,(H,13,14). The second-order valence-electron chi connectivity index (χ2n) is 4.68. The normalized spacial score (nSPS) is 19.9. The fourth-order valence-corrected chi connectivity index (χ4v) is 1.36. The van der Waals surface area contributed by atoms with Gasteiger partial charge in [0.1, 0.15) is 5.60 Å². The Labute approximate surface area is 89.9 Å². The van der Waals surface area contributed by atoms with E-state index >= 15 is 0 Å². The fraction of sp³-hybridized carbons (Fsp3) is 0.636. The van der Waals surface area contributed by atoms with Crippen molar-refractivity contribution in [3.05, 3.63) is 11.6 Å². The predicted molar refractivity (Wildman–Crippen MR) is 56.1 cm³/mol. The molecule has 82 valence electrons. The molecule has 0 aromatic carbocycles. The first-order chi connectivity index (χ1) is 6.90. The van der Waals surface area contributed by atoms with E-state index in [4.69, 9.17) is 10.00 Å². The van der Waals surface area contributed by atoms with Crippen LogP contribution >= 0.6 is 0 Å². The Morgan fingerprint density at radius 3 is 2.67 bits per heavy atom. The summed E-state index contributed by atoms with van der Waals surface area (Å²) in [4.78, 5) is 11.3. The molecule has 1 saturated carbocycles. The highest BCUT2D eigenvalue weighted by Gasteiger charge is 2.26. The molecular formula is C11H16N2O2. The number of allylic oxidation sites excluding steroid dienone is 1. The Bertz CT molecular complexity index is 312. The third-order valence-electron chi connectivity index (χ3n) is 2.01. The van der Waals surface area contributed by atoms with Crippen LogP contribution in [0.2, 0.25) is 0 Å². The van der Waals surface area contributed by atoms with Crippen LogP contribution in [0.3, 0.4) is 0 Å². The molecule has 4 heteroatoms. The number of alkyl carbamates (subject to hydrolysis) is 1. The minimum Gasteiger partial charge on any atom is -0.444 e. The van der Waals surface area contributed by atoms with E-state index in [9.17, 15) is 4.79 Å². The Hall–Kier alpha value is -1.50. The van der Waals surface area contributed by atoms with Gasteiger partial charge in [-0.15, -0.1) is 0 Å². The molecule has 0 saturated heterocycles. The first kappa shape index (κ1) is 11.6. The van der Waals surface area contributed by atoms with E-state index in [0.29, 0.717) is 0 Å². The Kier molecular flexibility index (Phi) is 3.35. The van der Waals surface area contributed by atoms with Crippen LogP contribution in [0.1, 0.15) is 33.6 Å². The SMILES string of the molecule is CC(C)(C)OC(=O)NC1CC(=CC#N)C1. The number of hydrogen-bond donors (Lipinski definition) is 1. The lowest BCUT2D eigenvalue weighted by Gasteiger charge is -2.30. The molecule has 0 bridgehead atoms. The third-order valence-corrected chi connectivity index (χ3v) is 2.01. The summed E-state index contributed by atoms with van der Waals surface area (Å²) < 4.78 is 5.10. The summed E-state index contributed by atoms with van der Waals surface area (Å²) in [6.07, 6.45) is 2.66. The van der Waals surface area contributed by atoms with Crippen molar-refractivity contribution in [3.8, 4) is 6.07 Å². The molecule has 1 N–H and O–H groups in total. The molecule has 0 aromatic heterocycles. The first-order valence-corrected chi connectivity index (χ1v) is 4.98. The summed E-state index contributed by atoms with van der Waals surface area (Å²) in [6.45, 7) is 5.48. The maximum absolute atomic E-state index is 11.3. The molecule has 0 aliphatic heterocycles. The highest BCUT2D eigenvalue weighted by atomic mass is 16.6. The van der Waals surface area contributed by atoms with Crippen molar-refractivity contribution in [2.24, 2.45) is 0 Å². The molecule has 1 rings (SSSR count). The van der Waals surface area contributed by atoms with E-state index < -0.39 is 5.60 Å². The van der Waals surface area contributed by atoms with Crippen molar-refractivity contribution in [1.82, 2.24) is 5.32 Å². The van der Waals surface area contributed by atoms with Crippen LogP contribution < -0.4 is 5.32 Å². The van der Waals surface area contributed by atoms with E-state index in [1.807, 2.05) is 26.8 Å². The quantitative estimate of drug-likeness (QED) is 0.671. The van der Waals surface area contributed by atoms with Gasteiger partial charge in [0, 0.05) is 12.1 Å². The summed E-state index contributed by atoms with van der Waals surface area (Å²) in [5.41, 5.74) is 0.623. The van der Waals surface area contributed by atoms with Crippen molar-refractivity contribution >= 4 is 6.09 Å². The highest BCUT2D eigenvalue weighted by molar-refractivity contribution is 5.68. The molecule has 0 spiro atoms. The number of nitrogens with one attached hydrogen (secondary N) is 1. The van der Waals surface area contributed by atoms with E-state index in [0.717, 1.165) is 18.4 Å². The van der Waals surface area contributed by atoms with Gasteiger partial charge in [0.05, 0.1) is 6.07 Å². The second-order valence-corrected chi connectivity index (χ2v) is 4.68. The lowest BCUT2D eigenvalue weighted by atomic mass is 9.86. The third kappa shape index (κ3) is 4.03. The zero-order chi connectivity index (χ0) is 11.5. The number of nitriles is 1. The predicted octanol–water partition coefficient (Wildman–Crippen LogP) is 2.12. The summed E-state index contributed by atoms with van der Waals surface area (Å²) in [5, 5.41) is 11.1. The van der Waals surface area contributed by atoms with Crippen LogP contribution in [0, 0.1) is 11.3 Å². The number of carbonyl (C=O) groups excluding carboxylic acids is 1. The summed E-state index contributed by atoms with van der Waals surface area (Å²) in [7, 11) is 0. The summed E-state index contributed by atoms with van der Waals surface area (Å²) in [6, 6.07) is 2.10. The summed E-state index contributed by atoms with van der Waals surface area (Å²) >= 11 is 0. The van der Waals surface area contributed by atoms with Crippen LogP contribution in [-0.4, -0.2) is 17.7 Å². The Balaban J connectivity index is 2.26. The van der Waals surface area contributed by atoms with Gasteiger partial charge in [0.15, 0.2) is 0 Å². The van der Waals surface area contributed by atoms with E-state index in [1.54, 1.807) is 0 Å². The zero-order valence-corrected chi connectivity index (χ0v) is 9.33. The molecule has 0 heterocycles. The zero-order valence-electron chi connectivity index (χ0n) is 9.33. The minimum atomic E-state index is -0.459. The average molecular weight is 208 g/mol.